The molecule has 3 aromatic carbocycles. The van der Waals surface area contributed by atoms with Crippen LogP contribution in [0.15, 0.2) is 96.0 Å². The summed E-state index contributed by atoms with van der Waals surface area (Å²) >= 11 is 1.97. The molecule has 1 saturated heterocycles. The highest BCUT2D eigenvalue weighted by Crippen LogP contribution is 2.41. The number of rotatable bonds is 7. The predicted octanol–water partition coefficient (Wildman–Crippen LogP) is 8.13. The second kappa shape index (κ2) is 14.6. The molecular weight excluding hydrogens is 582 g/mol. The largest absolute Gasteiger partial charge is 0.481 e. The number of thiophene rings is 1. The van der Waals surface area contributed by atoms with Crippen molar-refractivity contribution in [2.24, 2.45) is 4.99 Å². The van der Waals surface area contributed by atoms with Crippen LogP contribution in [0, 0.1) is 0 Å². The Bertz CT molecular complexity index is 1620. The van der Waals surface area contributed by atoms with E-state index in [2.05, 4.69) is 122 Å². The van der Waals surface area contributed by atoms with Gasteiger partial charge in [0.05, 0.1) is 30.6 Å². The lowest BCUT2D eigenvalue weighted by molar-refractivity contribution is -0.143. The van der Waals surface area contributed by atoms with Crippen molar-refractivity contribution in [3.05, 3.63) is 117 Å². The van der Waals surface area contributed by atoms with Crippen molar-refractivity contribution in [3.8, 4) is 0 Å². The van der Waals surface area contributed by atoms with Gasteiger partial charge in [-0.1, -0.05) is 87.5 Å². The number of amidine groups is 1. The Kier molecular flexibility index (Phi) is 10.4. The van der Waals surface area contributed by atoms with Crippen molar-refractivity contribution >= 4 is 40.5 Å². The van der Waals surface area contributed by atoms with Crippen LogP contribution in [0.3, 0.4) is 0 Å². The van der Waals surface area contributed by atoms with E-state index in [4.69, 9.17) is 15.2 Å². The highest BCUT2D eigenvalue weighted by Gasteiger charge is 2.39. The van der Waals surface area contributed by atoms with Gasteiger partial charge in [-0.05, 0) is 47.7 Å². The van der Waals surface area contributed by atoms with Gasteiger partial charge in [-0.25, -0.2) is 4.99 Å². The van der Waals surface area contributed by atoms with E-state index < -0.39 is 11.9 Å². The van der Waals surface area contributed by atoms with Gasteiger partial charge in [0.25, 0.3) is 0 Å². The van der Waals surface area contributed by atoms with Crippen LogP contribution in [-0.4, -0.2) is 52.0 Å². The number of carboxylic acids is 2. The maximum absolute atomic E-state index is 9.64. The minimum atomic E-state index is -1.08. The second-order valence-corrected chi connectivity index (χ2v) is 12.9. The first kappa shape index (κ1) is 32.0. The van der Waals surface area contributed by atoms with E-state index >= 15 is 0 Å². The molecule has 234 valence electrons. The van der Waals surface area contributed by atoms with Gasteiger partial charge in [0.1, 0.15) is 5.84 Å². The molecule has 6 rings (SSSR count). The number of aliphatic imine (C=N–C) groups is 1. The number of fused-ring (bicyclic) bond motifs is 2. The number of para-hydroxylation sites is 2. The summed E-state index contributed by atoms with van der Waals surface area (Å²) in [6.45, 7) is 8.84. The third kappa shape index (κ3) is 7.45. The molecule has 45 heavy (non-hydrogen) atoms. The van der Waals surface area contributed by atoms with E-state index in [1.165, 1.54) is 32.1 Å². The Morgan fingerprint density at radius 3 is 2.09 bits per heavy atom. The Labute approximate surface area is 269 Å². The number of benzene rings is 3. The van der Waals surface area contributed by atoms with Gasteiger partial charge >= 0.3 is 11.9 Å². The van der Waals surface area contributed by atoms with Crippen LogP contribution in [0.4, 0.5) is 11.4 Å². The van der Waals surface area contributed by atoms with Gasteiger partial charge in [-0.3, -0.25) is 9.59 Å². The molecule has 1 aromatic heterocycles. The zero-order valence-electron chi connectivity index (χ0n) is 26.1. The van der Waals surface area contributed by atoms with Crippen LogP contribution in [0.2, 0.25) is 0 Å². The van der Waals surface area contributed by atoms with Gasteiger partial charge in [0.15, 0.2) is 0 Å². The number of anilines is 1. The van der Waals surface area contributed by atoms with Gasteiger partial charge in [0.2, 0.25) is 0 Å². The smallest absolute Gasteiger partial charge is 0.303 e. The molecule has 0 saturated carbocycles. The molecule has 8 heteroatoms. The molecule has 0 aliphatic carbocycles. The highest BCUT2D eigenvalue weighted by molar-refractivity contribution is 7.12. The zero-order valence-corrected chi connectivity index (χ0v) is 26.9. The molecule has 4 aromatic rings. The Balaban J connectivity index is 0.000000444. The Morgan fingerprint density at radius 1 is 0.867 bits per heavy atom. The summed E-state index contributed by atoms with van der Waals surface area (Å²) in [5, 5.41) is 15.8. The molecule has 0 spiro atoms. The van der Waals surface area contributed by atoms with Crippen molar-refractivity contribution < 1.29 is 19.8 Å². The van der Waals surface area contributed by atoms with E-state index in [9.17, 15) is 9.59 Å². The minimum absolute atomic E-state index is 0.246. The first-order valence-electron chi connectivity index (χ1n) is 15.6. The fraction of sp³-hybridized carbons (Fsp3) is 0.324. The van der Waals surface area contributed by atoms with Gasteiger partial charge in [-0.2, -0.15) is 0 Å². The Hall–Kier alpha value is -4.43. The van der Waals surface area contributed by atoms with Crippen LogP contribution in [0.1, 0.15) is 78.4 Å². The average molecular weight is 624 g/mol. The second-order valence-electron chi connectivity index (χ2n) is 11.7. The monoisotopic (exact) mass is 623 g/mol. The summed E-state index contributed by atoms with van der Waals surface area (Å²) in [6, 6.07) is 33.7. The number of carbonyl (C=O) groups is 2. The zero-order chi connectivity index (χ0) is 31.9. The van der Waals surface area contributed by atoms with Crippen LogP contribution in [0.25, 0.3) is 0 Å². The number of nitrogens with zero attached hydrogens (tertiary/aromatic N) is 3. The van der Waals surface area contributed by atoms with Gasteiger partial charge < -0.3 is 20.0 Å². The molecule has 2 aliphatic heterocycles. The highest BCUT2D eigenvalue weighted by atomic mass is 32.1. The van der Waals surface area contributed by atoms with Crippen LogP contribution < -0.4 is 4.90 Å². The number of carboxylic acid groups (broad SMARTS) is 2. The van der Waals surface area contributed by atoms with Crippen molar-refractivity contribution in [1.29, 1.82) is 0 Å². The summed E-state index contributed by atoms with van der Waals surface area (Å²) in [4.78, 5) is 32.9. The summed E-state index contributed by atoms with van der Waals surface area (Å²) in [7, 11) is 0. The average Bonchev–Trinajstić information content (AvgIpc) is 3.41. The first-order valence-corrected chi connectivity index (χ1v) is 16.4. The third-order valence-electron chi connectivity index (χ3n) is 8.36. The minimum Gasteiger partial charge on any atom is -0.481 e. The molecule has 2 atom stereocenters. The maximum Gasteiger partial charge on any atom is 0.303 e. The fourth-order valence-electron chi connectivity index (χ4n) is 6.17. The summed E-state index contributed by atoms with van der Waals surface area (Å²) in [6.07, 6.45) is 1.41. The lowest BCUT2D eigenvalue weighted by Gasteiger charge is -2.50. The Morgan fingerprint density at radius 2 is 1.47 bits per heavy atom. The standard InChI is InChI=1S/C33H35N3S.C4H6O4/c1-4-29-32(24-13-7-5-8-14-24)35(26-16-9-6-10-17-26)19-20-36(29)33-27-22-30(23(2)3)37-31(27)21-25-15-11-12-18-28(25)34-33;5-3(6)1-2-4(7)8/h5-18,22-23,29,32H,4,19-21H2,1-3H3;1-2H2,(H,5,6)(H,7,8)/t29-,32?;/m0./s1. The van der Waals surface area contributed by atoms with Crippen molar-refractivity contribution in [3.63, 3.8) is 0 Å². The van der Waals surface area contributed by atoms with E-state index in [1.807, 2.05) is 11.3 Å². The third-order valence-corrected chi connectivity index (χ3v) is 9.80. The topological polar surface area (TPSA) is 93.4 Å². The lowest BCUT2D eigenvalue weighted by Crippen LogP contribution is -2.57. The van der Waals surface area contributed by atoms with Crippen molar-refractivity contribution in [2.45, 2.75) is 64.5 Å². The fourth-order valence-corrected chi connectivity index (χ4v) is 7.36. The number of hydrogen-bond acceptors (Lipinski definition) is 6. The van der Waals surface area contributed by atoms with Crippen molar-refractivity contribution in [1.82, 2.24) is 4.90 Å². The summed E-state index contributed by atoms with van der Waals surface area (Å²) in [5.41, 5.74) is 6.44. The molecule has 2 aliphatic rings. The molecular formula is C37H41N3O4S. The molecule has 7 nitrogen and oxygen atoms in total. The molecule has 2 N–H and O–H groups in total. The van der Waals surface area contributed by atoms with Crippen molar-refractivity contribution in [2.75, 3.05) is 18.0 Å². The van der Waals surface area contributed by atoms with Gasteiger partial charge in [-0.15, -0.1) is 11.3 Å². The quantitative estimate of drug-likeness (QED) is 0.216. The number of aliphatic carboxylic acids is 2. The van der Waals surface area contributed by atoms with Crippen LogP contribution >= 0.6 is 11.3 Å². The van der Waals surface area contributed by atoms with E-state index in [0.29, 0.717) is 12.0 Å². The molecule has 0 bridgehead atoms. The van der Waals surface area contributed by atoms with Gasteiger partial charge in [0, 0.05) is 40.5 Å². The molecule has 0 radical (unpaired) electrons. The molecule has 1 unspecified atom stereocenters. The van der Waals surface area contributed by atoms with Crippen LogP contribution in [0.5, 0.6) is 0 Å². The normalized spacial score (nSPS) is 17.4. The van der Waals surface area contributed by atoms with Crippen LogP contribution in [-0.2, 0) is 16.0 Å². The number of hydrogen-bond donors (Lipinski definition) is 2. The molecule has 0 amide bonds. The van der Waals surface area contributed by atoms with E-state index in [-0.39, 0.29) is 18.9 Å². The summed E-state index contributed by atoms with van der Waals surface area (Å²) < 4.78 is 0. The maximum atomic E-state index is 9.64. The molecule has 1 fully saturated rings. The first-order chi connectivity index (χ1) is 21.8. The SMILES string of the molecule is CC[C@H]1C(c2ccccc2)N(c2ccccc2)CCN1C1=Nc2ccccc2Cc2sc(C(C)C)cc21.O=C(O)CCC(=O)O. The van der Waals surface area contributed by atoms with E-state index in [0.717, 1.165) is 37.5 Å². The summed E-state index contributed by atoms with van der Waals surface area (Å²) in [5.74, 6) is -0.481. The number of piperazine rings is 1. The predicted molar refractivity (Wildman–Crippen MR) is 182 cm³/mol. The molecule has 3 heterocycles. The lowest BCUT2D eigenvalue weighted by atomic mass is 9.90. The van der Waals surface area contributed by atoms with E-state index in [1.54, 1.807) is 0 Å².